The highest BCUT2D eigenvalue weighted by Gasteiger charge is 2.09. The zero-order valence-corrected chi connectivity index (χ0v) is 11.9. The number of rotatable bonds is 10. The molecule has 2 N–H and O–H groups in total. The largest absolute Gasteiger partial charge is 0.496 e. The van der Waals surface area contributed by atoms with Gasteiger partial charge >= 0.3 is 5.97 Å². The second kappa shape index (κ2) is 9.34. The van der Waals surface area contributed by atoms with E-state index in [1.807, 2.05) is 24.3 Å². The third-order valence-corrected chi connectivity index (χ3v) is 3.12. The molecule has 5 nitrogen and oxygen atoms in total. The second-order valence-electron chi connectivity index (χ2n) is 4.66. The maximum atomic E-state index is 10.5. The molecule has 0 bridgehead atoms. The molecule has 0 fully saturated rings. The first-order valence-electron chi connectivity index (χ1n) is 6.84. The number of carboxylic acids is 1. The predicted octanol–water partition coefficient (Wildman–Crippen LogP) is 1.74. The molecule has 0 radical (unpaired) electrons. The van der Waals surface area contributed by atoms with Crippen molar-refractivity contribution in [2.75, 3.05) is 26.8 Å². The van der Waals surface area contributed by atoms with E-state index in [0.717, 1.165) is 24.3 Å². The topological polar surface area (TPSA) is 70.0 Å². The molecule has 0 saturated carbocycles. The van der Waals surface area contributed by atoms with Crippen LogP contribution in [0.1, 0.15) is 24.8 Å². The minimum Gasteiger partial charge on any atom is -0.496 e. The van der Waals surface area contributed by atoms with E-state index in [-0.39, 0.29) is 13.0 Å². The number of hydrogen-bond donors (Lipinski definition) is 2. The molecule has 0 atom stereocenters. The highest BCUT2D eigenvalue weighted by Crippen LogP contribution is 2.19. The van der Waals surface area contributed by atoms with Gasteiger partial charge in [0.2, 0.25) is 0 Å². The quantitative estimate of drug-likeness (QED) is 0.639. The summed E-state index contributed by atoms with van der Waals surface area (Å²) < 4.78 is 5.31. The lowest BCUT2D eigenvalue weighted by Crippen LogP contribution is -2.27. The summed E-state index contributed by atoms with van der Waals surface area (Å²) in [6.07, 6.45) is 1.66. The summed E-state index contributed by atoms with van der Waals surface area (Å²) in [6, 6.07) is 7.79. The molecule has 0 aliphatic rings. The van der Waals surface area contributed by atoms with E-state index in [1.165, 1.54) is 0 Å². The Bertz CT molecular complexity index is 409. The summed E-state index contributed by atoms with van der Waals surface area (Å²) in [6.45, 7) is 2.13. The van der Waals surface area contributed by atoms with Gasteiger partial charge in [0.1, 0.15) is 5.75 Å². The van der Waals surface area contributed by atoms with Gasteiger partial charge in [0.05, 0.1) is 13.7 Å². The van der Waals surface area contributed by atoms with Gasteiger partial charge in [-0.3, -0.25) is 9.69 Å². The molecule has 112 valence electrons. The molecule has 20 heavy (non-hydrogen) atoms. The Balaban J connectivity index is 2.51. The molecule has 0 saturated heterocycles. The van der Waals surface area contributed by atoms with E-state index in [1.54, 1.807) is 7.11 Å². The molecule has 0 amide bonds. The van der Waals surface area contributed by atoms with Crippen LogP contribution in [0.4, 0.5) is 0 Å². The maximum Gasteiger partial charge on any atom is 0.303 e. The lowest BCUT2D eigenvalue weighted by Gasteiger charge is -2.22. The summed E-state index contributed by atoms with van der Waals surface area (Å²) in [5.41, 5.74) is 1.07. The maximum absolute atomic E-state index is 10.5. The number of aliphatic hydroxyl groups is 1. The van der Waals surface area contributed by atoms with E-state index in [0.29, 0.717) is 19.5 Å². The fourth-order valence-electron chi connectivity index (χ4n) is 2.10. The van der Waals surface area contributed by atoms with Crippen LogP contribution in [0, 0.1) is 0 Å². The molecule has 1 rings (SSSR count). The third-order valence-electron chi connectivity index (χ3n) is 3.12. The van der Waals surface area contributed by atoms with Gasteiger partial charge in [-0.25, -0.2) is 0 Å². The average molecular weight is 281 g/mol. The van der Waals surface area contributed by atoms with Crippen molar-refractivity contribution < 1.29 is 19.7 Å². The number of para-hydroxylation sites is 1. The van der Waals surface area contributed by atoms with Gasteiger partial charge in [0, 0.05) is 25.1 Å². The summed E-state index contributed by atoms with van der Waals surface area (Å²) in [5.74, 6) is 0.0735. The van der Waals surface area contributed by atoms with Crippen molar-refractivity contribution in [2.24, 2.45) is 0 Å². The SMILES string of the molecule is COc1ccccc1CN(CCO)CCCCC(=O)O. The molecular formula is C15H23NO4. The van der Waals surface area contributed by atoms with Crippen molar-refractivity contribution in [3.05, 3.63) is 29.8 Å². The third kappa shape index (κ3) is 6.04. The van der Waals surface area contributed by atoms with Gasteiger partial charge < -0.3 is 14.9 Å². The monoisotopic (exact) mass is 281 g/mol. The zero-order valence-electron chi connectivity index (χ0n) is 11.9. The van der Waals surface area contributed by atoms with E-state index in [9.17, 15) is 4.79 Å². The Labute approximate surface area is 119 Å². The van der Waals surface area contributed by atoms with Gasteiger partial charge in [-0.2, -0.15) is 0 Å². The minimum atomic E-state index is -0.761. The molecule has 5 heteroatoms. The Morgan fingerprint density at radius 3 is 2.65 bits per heavy atom. The fraction of sp³-hybridized carbons (Fsp3) is 0.533. The number of aliphatic carboxylic acids is 1. The zero-order chi connectivity index (χ0) is 14.8. The first kappa shape index (κ1) is 16.5. The minimum absolute atomic E-state index is 0.0913. The normalized spacial score (nSPS) is 10.8. The standard InChI is InChI=1S/C15H23NO4/c1-20-14-7-3-2-6-13(14)12-16(10-11-17)9-5-4-8-15(18)19/h2-3,6-7,17H,4-5,8-12H2,1H3,(H,18,19). The van der Waals surface area contributed by atoms with E-state index in [2.05, 4.69) is 4.90 Å². The number of benzene rings is 1. The molecule has 0 unspecified atom stereocenters. The number of aliphatic hydroxyl groups excluding tert-OH is 1. The van der Waals surface area contributed by atoms with Gasteiger partial charge in [0.15, 0.2) is 0 Å². The fourth-order valence-corrected chi connectivity index (χ4v) is 2.10. The highest BCUT2D eigenvalue weighted by molar-refractivity contribution is 5.66. The van der Waals surface area contributed by atoms with Gasteiger partial charge in [0.25, 0.3) is 0 Å². The molecule has 0 aliphatic heterocycles. The van der Waals surface area contributed by atoms with Crippen LogP contribution in [0.3, 0.4) is 0 Å². The second-order valence-corrected chi connectivity index (χ2v) is 4.66. The molecular weight excluding hydrogens is 258 g/mol. The van der Waals surface area contributed by atoms with Crippen molar-refractivity contribution in [1.82, 2.24) is 4.90 Å². The number of methoxy groups -OCH3 is 1. The molecule has 0 spiro atoms. The van der Waals surface area contributed by atoms with Crippen molar-refractivity contribution >= 4 is 5.97 Å². The number of nitrogens with zero attached hydrogens (tertiary/aromatic N) is 1. The van der Waals surface area contributed by atoms with Crippen LogP contribution >= 0.6 is 0 Å². The van der Waals surface area contributed by atoms with Gasteiger partial charge in [-0.1, -0.05) is 18.2 Å². The Hall–Kier alpha value is -1.59. The van der Waals surface area contributed by atoms with Crippen LogP contribution in [0.2, 0.25) is 0 Å². The van der Waals surface area contributed by atoms with Gasteiger partial charge in [-0.15, -0.1) is 0 Å². The van der Waals surface area contributed by atoms with Crippen molar-refractivity contribution in [3.8, 4) is 5.75 Å². The number of ether oxygens (including phenoxy) is 1. The molecule has 0 heterocycles. The first-order valence-corrected chi connectivity index (χ1v) is 6.84. The smallest absolute Gasteiger partial charge is 0.303 e. The van der Waals surface area contributed by atoms with Crippen LogP contribution < -0.4 is 4.74 Å². The summed E-state index contributed by atoms with van der Waals surface area (Å²) in [7, 11) is 1.64. The van der Waals surface area contributed by atoms with Crippen molar-refractivity contribution in [3.63, 3.8) is 0 Å². The van der Waals surface area contributed by atoms with Crippen molar-refractivity contribution in [2.45, 2.75) is 25.8 Å². The number of carbonyl (C=O) groups is 1. The summed E-state index contributed by atoms with van der Waals surface area (Å²) in [5, 5.41) is 17.7. The number of carboxylic acid groups (broad SMARTS) is 1. The molecule has 0 aromatic heterocycles. The average Bonchev–Trinajstić information content (AvgIpc) is 2.44. The Kier molecular flexibility index (Phi) is 7.69. The van der Waals surface area contributed by atoms with Gasteiger partial charge in [-0.05, 0) is 25.5 Å². The Morgan fingerprint density at radius 2 is 2.00 bits per heavy atom. The summed E-state index contributed by atoms with van der Waals surface area (Å²) in [4.78, 5) is 12.6. The van der Waals surface area contributed by atoms with E-state index < -0.39 is 5.97 Å². The first-order chi connectivity index (χ1) is 9.67. The lowest BCUT2D eigenvalue weighted by atomic mass is 10.1. The summed E-state index contributed by atoms with van der Waals surface area (Å²) >= 11 is 0. The molecule has 1 aromatic rings. The lowest BCUT2D eigenvalue weighted by molar-refractivity contribution is -0.137. The van der Waals surface area contributed by atoms with Crippen LogP contribution in [-0.4, -0.2) is 47.9 Å². The number of unbranched alkanes of at least 4 members (excludes halogenated alkanes) is 1. The predicted molar refractivity (Wildman–Crippen MR) is 76.8 cm³/mol. The van der Waals surface area contributed by atoms with Crippen molar-refractivity contribution in [1.29, 1.82) is 0 Å². The van der Waals surface area contributed by atoms with Crippen LogP contribution in [0.5, 0.6) is 5.75 Å². The molecule has 0 aliphatic carbocycles. The van der Waals surface area contributed by atoms with Crippen LogP contribution in [0.25, 0.3) is 0 Å². The van der Waals surface area contributed by atoms with Crippen LogP contribution in [-0.2, 0) is 11.3 Å². The van der Waals surface area contributed by atoms with Crippen LogP contribution in [0.15, 0.2) is 24.3 Å². The Morgan fingerprint density at radius 1 is 1.25 bits per heavy atom. The van der Waals surface area contributed by atoms with E-state index in [4.69, 9.17) is 14.9 Å². The van der Waals surface area contributed by atoms with E-state index >= 15 is 0 Å². The highest BCUT2D eigenvalue weighted by atomic mass is 16.5. The number of hydrogen-bond acceptors (Lipinski definition) is 4. The molecule has 1 aromatic carbocycles.